The first-order chi connectivity index (χ1) is 15.3. The van der Waals surface area contributed by atoms with Crippen molar-refractivity contribution >= 4 is 17.5 Å². The van der Waals surface area contributed by atoms with Gasteiger partial charge in [-0.05, 0) is 33.6 Å². The van der Waals surface area contributed by atoms with Gasteiger partial charge < -0.3 is 20.1 Å². The third-order valence-electron chi connectivity index (χ3n) is 5.75. The van der Waals surface area contributed by atoms with Crippen molar-refractivity contribution in [3.63, 3.8) is 0 Å². The molecule has 32 heavy (non-hydrogen) atoms. The molecule has 2 atom stereocenters. The number of piperidine rings is 1. The maximum atomic E-state index is 13.2. The fraction of sp³-hybridized carbons (Fsp3) is 0.650. The molecule has 9 nitrogen and oxygen atoms in total. The highest BCUT2D eigenvalue weighted by molar-refractivity contribution is 5.58. The molecule has 0 aromatic carbocycles. The lowest BCUT2D eigenvalue weighted by Crippen LogP contribution is -2.47. The summed E-state index contributed by atoms with van der Waals surface area (Å²) in [5.41, 5.74) is 0.481. The lowest BCUT2D eigenvalue weighted by atomic mass is 9.99. The monoisotopic (exact) mass is 455 g/mol. The fourth-order valence-corrected chi connectivity index (χ4v) is 4.12. The highest BCUT2D eigenvalue weighted by Crippen LogP contribution is 2.35. The molecule has 2 saturated heterocycles. The van der Waals surface area contributed by atoms with E-state index < -0.39 is 11.7 Å². The molecular weight excluding hydrogens is 427 g/mol. The maximum absolute atomic E-state index is 13.2. The zero-order valence-corrected chi connectivity index (χ0v) is 18.3. The predicted octanol–water partition coefficient (Wildman–Crippen LogP) is 3.53. The second-order valence-corrected chi connectivity index (χ2v) is 8.03. The Labute approximate surface area is 184 Å². The molecule has 0 bridgehead atoms. The van der Waals surface area contributed by atoms with Gasteiger partial charge >= 0.3 is 6.18 Å². The standard InChI is InChI=1S/C20H28F3N7O2/c1-4-24-17-15(20(21,22)23)10-25-18(27-17)26-16-11-30(28-13(16)3)14-5-6-29(12(2)9-14)19-31-7-8-32-19/h10-12,14,19H,4-9H2,1-3H3,(H2,24,25,26,27). The summed E-state index contributed by atoms with van der Waals surface area (Å²) in [6, 6.07) is 0.460. The summed E-state index contributed by atoms with van der Waals surface area (Å²) >= 11 is 0. The van der Waals surface area contributed by atoms with Gasteiger partial charge in [-0.2, -0.15) is 23.3 Å². The van der Waals surface area contributed by atoms with Crippen LogP contribution in [0.15, 0.2) is 12.4 Å². The van der Waals surface area contributed by atoms with Gasteiger partial charge in [0.1, 0.15) is 11.4 Å². The minimum absolute atomic E-state index is 0.0790. The first-order valence-electron chi connectivity index (χ1n) is 10.8. The lowest BCUT2D eigenvalue weighted by Gasteiger charge is -2.39. The smallest absolute Gasteiger partial charge is 0.370 e. The summed E-state index contributed by atoms with van der Waals surface area (Å²) in [7, 11) is 0. The number of halogens is 3. The third-order valence-corrected chi connectivity index (χ3v) is 5.75. The maximum Gasteiger partial charge on any atom is 0.421 e. The number of alkyl halides is 3. The number of hydrogen-bond acceptors (Lipinski definition) is 8. The summed E-state index contributed by atoms with van der Waals surface area (Å²) < 4.78 is 52.7. The van der Waals surface area contributed by atoms with Crippen molar-refractivity contribution in [2.45, 2.75) is 58.3 Å². The minimum Gasteiger partial charge on any atom is -0.370 e. The third kappa shape index (κ3) is 4.81. The van der Waals surface area contributed by atoms with Gasteiger partial charge in [-0.15, -0.1) is 0 Å². The summed E-state index contributed by atoms with van der Waals surface area (Å²) in [6.07, 6.45) is -0.390. The number of ether oxygens (including phenoxy) is 2. The van der Waals surface area contributed by atoms with Crippen molar-refractivity contribution in [2.75, 3.05) is 36.9 Å². The molecule has 2 aromatic rings. The molecule has 2 unspecified atom stereocenters. The van der Waals surface area contributed by atoms with E-state index >= 15 is 0 Å². The number of nitrogens with one attached hydrogen (secondary N) is 2. The van der Waals surface area contributed by atoms with Gasteiger partial charge in [0, 0.05) is 31.5 Å². The van der Waals surface area contributed by atoms with E-state index in [1.54, 1.807) is 6.92 Å². The molecule has 2 aliphatic heterocycles. The van der Waals surface area contributed by atoms with Crippen LogP contribution in [-0.2, 0) is 15.7 Å². The van der Waals surface area contributed by atoms with E-state index in [0.717, 1.165) is 31.3 Å². The average Bonchev–Trinajstić information content (AvgIpc) is 3.38. The van der Waals surface area contributed by atoms with Crippen LogP contribution in [-0.4, -0.2) is 63.4 Å². The molecule has 2 fully saturated rings. The number of likely N-dealkylation sites (tertiary alicyclic amines) is 1. The second kappa shape index (κ2) is 9.20. The molecule has 2 aliphatic rings. The van der Waals surface area contributed by atoms with E-state index in [-0.39, 0.29) is 30.3 Å². The Morgan fingerprint density at radius 2 is 2.00 bits per heavy atom. The van der Waals surface area contributed by atoms with Crippen LogP contribution in [0.4, 0.5) is 30.6 Å². The number of anilines is 3. The molecule has 12 heteroatoms. The Hall–Kier alpha value is -2.44. The van der Waals surface area contributed by atoms with E-state index in [2.05, 4.69) is 37.5 Å². The van der Waals surface area contributed by atoms with Crippen molar-refractivity contribution in [1.29, 1.82) is 0 Å². The van der Waals surface area contributed by atoms with Crippen molar-refractivity contribution in [3.8, 4) is 0 Å². The Morgan fingerprint density at radius 1 is 1.25 bits per heavy atom. The second-order valence-electron chi connectivity index (χ2n) is 8.03. The number of aryl methyl sites for hydroxylation is 1. The van der Waals surface area contributed by atoms with Crippen molar-refractivity contribution < 1.29 is 22.6 Å². The fourth-order valence-electron chi connectivity index (χ4n) is 4.12. The molecule has 2 N–H and O–H groups in total. The lowest BCUT2D eigenvalue weighted by molar-refractivity contribution is -0.175. The molecular formula is C20H28F3N7O2. The zero-order chi connectivity index (χ0) is 22.9. The average molecular weight is 455 g/mol. The van der Waals surface area contributed by atoms with Crippen molar-refractivity contribution in [2.24, 2.45) is 0 Å². The van der Waals surface area contributed by atoms with E-state index in [0.29, 0.717) is 25.4 Å². The first kappa shape index (κ1) is 22.7. The van der Waals surface area contributed by atoms with Crippen molar-refractivity contribution in [3.05, 3.63) is 23.7 Å². The predicted molar refractivity (Wildman–Crippen MR) is 112 cm³/mol. The highest BCUT2D eigenvalue weighted by Gasteiger charge is 2.36. The summed E-state index contributed by atoms with van der Waals surface area (Å²) in [5.74, 6) is -0.171. The van der Waals surface area contributed by atoms with Crippen LogP contribution in [0.1, 0.15) is 44.0 Å². The Bertz CT molecular complexity index is 930. The molecule has 0 aliphatic carbocycles. The molecule has 176 valence electrons. The van der Waals surface area contributed by atoms with Gasteiger partial charge in [-0.3, -0.25) is 9.58 Å². The SMILES string of the molecule is CCNc1nc(Nc2cn(C3CCN(C4OCCO4)C(C)C3)nc2C)ncc1C(F)(F)F. The van der Waals surface area contributed by atoms with Gasteiger partial charge in [0.05, 0.1) is 30.6 Å². The topological polar surface area (TPSA) is 89.4 Å². The van der Waals surface area contributed by atoms with E-state index in [1.165, 1.54) is 0 Å². The summed E-state index contributed by atoms with van der Waals surface area (Å²) in [5, 5.41) is 10.3. The van der Waals surface area contributed by atoms with Crippen molar-refractivity contribution in [1.82, 2.24) is 24.6 Å². The van der Waals surface area contributed by atoms with Crippen LogP contribution in [0.5, 0.6) is 0 Å². The molecule has 0 spiro atoms. The van der Waals surface area contributed by atoms with Crippen LogP contribution in [0.2, 0.25) is 0 Å². The van der Waals surface area contributed by atoms with Crippen LogP contribution >= 0.6 is 0 Å². The highest BCUT2D eigenvalue weighted by atomic mass is 19.4. The van der Waals surface area contributed by atoms with E-state index in [4.69, 9.17) is 9.47 Å². The number of nitrogens with zero attached hydrogens (tertiary/aromatic N) is 5. The summed E-state index contributed by atoms with van der Waals surface area (Å²) in [4.78, 5) is 10.1. The Kier molecular flexibility index (Phi) is 6.54. The molecule has 2 aromatic heterocycles. The Morgan fingerprint density at radius 3 is 2.66 bits per heavy atom. The van der Waals surface area contributed by atoms with Crippen LogP contribution in [0, 0.1) is 6.92 Å². The number of aromatic nitrogens is 4. The molecule has 0 amide bonds. The summed E-state index contributed by atoms with van der Waals surface area (Å²) in [6.45, 7) is 8.06. The molecule has 4 heterocycles. The van der Waals surface area contributed by atoms with Gasteiger partial charge in [0.25, 0.3) is 0 Å². The molecule has 0 radical (unpaired) electrons. The van der Waals surface area contributed by atoms with Gasteiger partial charge in [-0.25, -0.2) is 4.98 Å². The number of hydrogen-bond donors (Lipinski definition) is 2. The van der Waals surface area contributed by atoms with Crippen LogP contribution in [0.25, 0.3) is 0 Å². The Balaban J connectivity index is 1.47. The van der Waals surface area contributed by atoms with Gasteiger partial charge in [-0.1, -0.05) is 0 Å². The minimum atomic E-state index is -4.53. The number of rotatable bonds is 6. The molecule has 0 saturated carbocycles. The largest absolute Gasteiger partial charge is 0.421 e. The van der Waals surface area contributed by atoms with Gasteiger partial charge in [0.15, 0.2) is 0 Å². The van der Waals surface area contributed by atoms with E-state index in [9.17, 15) is 13.2 Å². The van der Waals surface area contributed by atoms with Crippen LogP contribution < -0.4 is 10.6 Å². The quantitative estimate of drug-likeness (QED) is 0.684. The first-order valence-corrected chi connectivity index (χ1v) is 10.8. The van der Waals surface area contributed by atoms with Gasteiger partial charge in [0.2, 0.25) is 12.4 Å². The van der Waals surface area contributed by atoms with Crippen LogP contribution in [0.3, 0.4) is 0 Å². The molecule has 4 rings (SSSR count). The van der Waals surface area contributed by atoms with E-state index in [1.807, 2.05) is 17.8 Å². The zero-order valence-electron chi connectivity index (χ0n) is 18.3. The normalized spacial score (nSPS) is 22.9.